The average Bonchev–Trinajstić information content (AvgIpc) is 2.55. The van der Waals surface area contributed by atoms with Crippen LogP contribution in [0.1, 0.15) is 43.5 Å². The Hall–Kier alpha value is -1.52. The van der Waals surface area contributed by atoms with Gasteiger partial charge in [0.15, 0.2) is 17.5 Å². The van der Waals surface area contributed by atoms with E-state index in [0.717, 1.165) is 31.4 Å². The van der Waals surface area contributed by atoms with E-state index in [1.807, 2.05) is 0 Å². The Morgan fingerprint density at radius 3 is 2.30 bits per heavy atom. The number of carbonyl (C=O) groups excluding carboxylic acids is 1. The van der Waals surface area contributed by atoms with Crippen molar-refractivity contribution in [2.24, 2.45) is 5.41 Å². The lowest BCUT2D eigenvalue weighted by molar-refractivity contribution is 0.0756. The van der Waals surface area contributed by atoms with Crippen molar-refractivity contribution in [3.05, 3.63) is 35.1 Å². The minimum Gasteiger partial charge on any atom is -0.339 e. The maximum Gasteiger partial charge on any atom is 0.254 e. The fourth-order valence-electron chi connectivity index (χ4n) is 2.49. The number of likely N-dealkylation sites (tertiary alicyclic amines) is 1. The second-order valence-electron chi connectivity index (χ2n) is 6.06. The molecule has 0 spiro atoms. The fourth-order valence-corrected chi connectivity index (χ4v) is 2.49. The summed E-state index contributed by atoms with van der Waals surface area (Å²) in [7, 11) is 0. The normalized spacial score (nSPS) is 18.8. The average molecular weight is 285 g/mol. The van der Waals surface area contributed by atoms with E-state index in [-0.39, 0.29) is 11.0 Å². The molecule has 0 saturated carbocycles. The van der Waals surface area contributed by atoms with E-state index in [1.165, 1.54) is 0 Å². The molecule has 1 saturated heterocycles. The van der Waals surface area contributed by atoms with Gasteiger partial charge in [0, 0.05) is 18.7 Å². The van der Waals surface area contributed by atoms with Gasteiger partial charge in [0.2, 0.25) is 0 Å². The maximum atomic E-state index is 13.2. The molecule has 2 nitrogen and oxygen atoms in total. The standard InChI is InChI=1S/C15H18F3NO/c1-15(2)4-3-6-19(7-5-15)14(20)10-8-11(16)13(18)12(17)9-10/h8-9H,3-7H2,1-2H3. The molecular formula is C15H18F3NO. The molecule has 0 radical (unpaired) electrons. The third-order valence-electron chi connectivity index (χ3n) is 3.86. The molecule has 1 heterocycles. The first-order valence-electron chi connectivity index (χ1n) is 6.74. The minimum atomic E-state index is -1.54. The summed E-state index contributed by atoms with van der Waals surface area (Å²) in [6.07, 6.45) is 2.69. The van der Waals surface area contributed by atoms with Gasteiger partial charge in [-0.25, -0.2) is 13.2 Å². The Morgan fingerprint density at radius 2 is 1.70 bits per heavy atom. The molecule has 20 heavy (non-hydrogen) atoms. The Bertz CT molecular complexity index is 505. The lowest BCUT2D eigenvalue weighted by Gasteiger charge is -2.23. The van der Waals surface area contributed by atoms with Crippen molar-refractivity contribution < 1.29 is 18.0 Å². The van der Waals surface area contributed by atoms with E-state index in [4.69, 9.17) is 0 Å². The summed E-state index contributed by atoms with van der Waals surface area (Å²) in [5.41, 5.74) is 0.0232. The molecule has 0 N–H and O–H groups in total. The van der Waals surface area contributed by atoms with Crippen molar-refractivity contribution in [2.45, 2.75) is 33.1 Å². The van der Waals surface area contributed by atoms with Gasteiger partial charge in [-0.1, -0.05) is 13.8 Å². The van der Waals surface area contributed by atoms with Crippen molar-refractivity contribution in [3.8, 4) is 0 Å². The summed E-state index contributed by atoms with van der Waals surface area (Å²) in [6, 6.07) is 1.52. The van der Waals surface area contributed by atoms with Gasteiger partial charge in [0.1, 0.15) is 0 Å². The summed E-state index contributed by atoms with van der Waals surface area (Å²) in [4.78, 5) is 13.8. The predicted molar refractivity (Wildman–Crippen MR) is 69.9 cm³/mol. The molecule has 0 aromatic heterocycles. The quantitative estimate of drug-likeness (QED) is 0.719. The first-order valence-corrected chi connectivity index (χ1v) is 6.74. The maximum absolute atomic E-state index is 13.2. The van der Waals surface area contributed by atoms with Crippen LogP contribution in [0.4, 0.5) is 13.2 Å². The second kappa shape index (κ2) is 5.46. The van der Waals surface area contributed by atoms with E-state index in [9.17, 15) is 18.0 Å². The van der Waals surface area contributed by atoms with Gasteiger partial charge in [-0.3, -0.25) is 4.79 Å². The van der Waals surface area contributed by atoms with Gasteiger partial charge in [0.25, 0.3) is 5.91 Å². The van der Waals surface area contributed by atoms with Crippen LogP contribution in [0, 0.1) is 22.9 Å². The molecule has 1 aromatic rings. The number of halogens is 3. The molecule has 0 bridgehead atoms. The Morgan fingerprint density at radius 1 is 1.10 bits per heavy atom. The zero-order valence-corrected chi connectivity index (χ0v) is 11.7. The van der Waals surface area contributed by atoms with E-state index >= 15 is 0 Å². The summed E-state index contributed by atoms with van der Waals surface area (Å²) < 4.78 is 39.3. The van der Waals surface area contributed by atoms with Gasteiger partial charge >= 0.3 is 0 Å². The molecule has 1 amide bonds. The van der Waals surface area contributed by atoms with Crippen molar-refractivity contribution in [2.75, 3.05) is 13.1 Å². The summed E-state index contributed by atoms with van der Waals surface area (Å²) >= 11 is 0. The van der Waals surface area contributed by atoms with Crippen LogP contribution in [0.3, 0.4) is 0 Å². The lowest BCUT2D eigenvalue weighted by atomic mass is 9.85. The molecule has 0 unspecified atom stereocenters. The molecule has 2 rings (SSSR count). The molecule has 1 fully saturated rings. The molecule has 5 heteroatoms. The molecule has 0 aliphatic carbocycles. The van der Waals surface area contributed by atoms with Gasteiger partial charge in [-0.05, 0) is 36.8 Å². The molecule has 0 atom stereocenters. The fraction of sp³-hybridized carbons (Fsp3) is 0.533. The van der Waals surface area contributed by atoms with Crippen LogP contribution < -0.4 is 0 Å². The van der Waals surface area contributed by atoms with Crippen LogP contribution in [0.25, 0.3) is 0 Å². The van der Waals surface area contributed by atoms with Crippen LogP contribution in [-0.4, -0.2) is 23.9 Å². The van der Waals surface area contributed by atoms with E-state index in [2.05, 4.69) is 13.8 Å². The van der Waals surface area contributed by atoms with Gasteiger partial charge in [-0.2, -0.15) is 0 Å². The monoisotopic (exact) mass is 285 g/mol. The van der Waals surface area contributed by atoms with Gasteiger partial charge < -0.3 is 4.90 Å². The lowest BCUT2D eigenvalue weighted by Crippen LogP contribution is -2.32. The Labute approximate surface area is 116 Å². The summed E-state index contributed by atoms with van der Waals surface area (Å²) in [5, 5.41) is 0. The summed E-state index contributed by atoms with van der Waals surface area (Å²) in [5.74, 6) is -4.65. The largest absolute Gasteiger partial charge is 0.339 e. The van der Waals surface area contributed by atoms with Crippen molar-refractivity contribution >= 4 is 5.91 Å². The van der Waals surface area contributed by atoms with Crippen LogP contribution in [0.15, 0.2) is 12.1 Å². The molecule has 1 aliphatic heterocycles. The third kappa shape index (κ3) is 3.14. The highest BCUT2D eigenvalue weighted by molar-refractivity contribution is 5.94. The van der Waals surface area contributed by atoms with Gasteiger partial charge in [-0.15, -0.1) is 0 Å². The second-order valence-corrected chi connectivity index (χ2v) is 6.06. The number of carbonyl (C=O) groups is 1. The van der Waals surface area contributed by atoms with Crippen LogP contribution in [0.5, 0.6) is 0 Å². The number of hydrogen-bond acceptors (Lipinski definition) is 1. The van der Waals surface area contributed by atoms with Crippen molar-refractivity contribution in [1.29, 1.82) is 0 Å². The number of nitrogens with zero attached hydrogens (tertiary/aromatic N) is 1. The number of amides is 1. The number of hydrogen-bond donors (Lipinski definition) is 0. The zero-order chi connectivity index (χ0) is 14.9. The van der Waals surface area contributed by atoms with Gasteiger partial charge in [0.05, 0.1) is 0 Å². The Kier molecular flexibility index (Phi) is 4.06. The number of benzene rings is 1. The topological polar surface area (TPSA) is 20.3 Å². The van der Waals surface area contributed by atoms with E-state index < -0.39 is 23.4 Å². The number of rotatable bonds is 1. The SMILES string of the molecule is CC1(C)CCCN(C(=O)c2cc(F)c(F)c(F)c2)CC1. The van der Waals surface area contributed by atoms with Crippen molar-refractivity contribution in [1.82, 2.24) is 4.90 Å². The molecule has 110 valence electrons. The van der Waals surface area contributed by atoms with E-state index in [1.54, 1.807) is 4.90 Å². The minimum absolute atomic E-state index is 0.138. The third-order valence-corrected chi connectivity index (χ3v) is 3.86. The first kappa shape index (κ1) is 14.9. The van der Waals surface area contributed by atoms with Crippen molar-refractivity contribution in [3.63, 3.8) is 0 Å². The van der Waals surface area contributed by atoms with Crippen LogP contribution >= 0.6 is 0 Å². The summed E-state index contributed by atoms with van der Waals surface area (Å²) in [6.45, 7) is 5.38. The van der Waals surface area contributed by atoms with E-state index in [0.29, 0.717) is 13.1 Å². The first-order chi connectivity index (χ1) is 9.30. The van der Waals surface area contributed by atoms with Crippen LogP contribution in [-0.2, 0) is 0 Å². The Balaban J connectivity index is 2.19. The zero-order valence-electron chi connectivity index (χ0n) is 11.7. The predicted octanol–water partition coefficient (Wildman–Crippen LogP) is 3.76. The molecule has 1 aliphatic rings. The molecular weight excluding hydrogens is 267 g/mol. The highest BCUT2D eigenvalue weighted by atomic mass is 19.2. The van der Waals surface area contributed by atoms with Crippen LogP contribution in [0.2, 0.25) is 0 Å². The highest BCUT2D eigenvalue weighted by Gasteiger charge is 2.26. The highest BCUT2D eigenvalue weighted by Crippen LogP contribution is 2.30. The smallest absolute Gasteiger partial charge is 0.254 e. The molecule has 1 aromatic carbocycles.